The predicted molar refractivity (Wildman–Crippen MR) is 90.5 cm³/mol. The Kier molecular flexibility index (Phi) is 4.90. The molecule has 1 amide bonds. The molecule has 5 nitrogen and oxygen atoms in total. The number of likely N-dealkylation sites (tertiary alicyclic amines) is 1. The summed E-state index contributed by atoms with van der Waals surface area (Å²) in [6.07, 6.45) is 0.884. The van der Waals surface area contributed by atoms with E-state index in [9.17, 15) is 9.59 Å². The highest BCUT2D eigenvalue weighted by Crippen LogP contribution is 2.21. The Morgan fingerprint density at radius 1 is 1.38 bits per heavy atom. The van der Waals surface area contributed by atoms with Crippen molar-refractivity contribution in [2.75, 3.05) is 13.1 Å². The maximum atomic E-state index is 12.4. The van der Waals surface area contributed by atoms with Gasteiger partial charge in [-0.3, -0.25) is 4.79 Å². The van der Waals surface area contributed by atoms with E-state index in [4.69, 9.17) is 20.8 Å². The molecule has 24 heavy (non-hydrogen) atoms. The summed E-state index contributed by atoms with van der Waals surface area (Å²) >= 11 is 6.11. The van der Waals surface area contributed by atoms with Gasteiger partial charge in [0, 0.05) is 24.1 Å². The smallest absolute Gasteiger partial charge is 0.339 e. The Morgan fingerprint density at radius 3 is 2.92 bits per heavy atom. The third kappa shape index (κ3) is 3.97. The second-order valence-corrected chi connectivity index (χ2v) is 6.27. The van der Waals surface area contributed by atoms with Gasteiger partial charge in [-0.2, -0.15) is 0 Å². The number of aryl methyl sites for hydroxylation is 1. The molecule has 1 aromatic carbocycles. The number of ether oxygens (including phenoxy) is 1. The van der Waals surface area contributed by atoms with Crippen LogP contribution in [0.5, 0.6) is 5.75 Å². The topological polar surface area (TPSA) is 59.8 Å². The van der Waals surface area contributed by atoms with Crippen LogP contribution in [0, 0.1) is 6.92 Å². The number of amides is 1. The van der Waals surface area contributed by atoms with Crippen molar-refractivity contribution in [3.8, 4) is 5.75 Å². The Bertz CT molecular complexity index is 802. The minimum absolute atomic E-state index is 0.0259. The molecule has 1 aliphatic rings. The van der Waals surface area contributed by atoms with Crippen molar-refractivity contribution in [3.05, 3.63) is 63.2 Å². The third-order valence-corrected chi connectivity index (χ3v) is 4.34. The van der Waals surface area contributed by atoms with Crippen LogP contribution in [0.3, 0.4) is 0 Å². The fourth-order valence-corrected chi connectivity index (χ4v) is 3.01. The van der Waals surface area contributed by atoms with Crippen LogP contribution >= 0.6 is 11.6 Å². The van der Waals surface area contributed by atoms with Gasteiger partial charge in [-0.05, 0) is 18.6 Å². The lowest BCUT2D eigenvalue weighted by atomic mass is 10.1. The maximum Gasteiger partial charge on any atom is 0.339 e. The second-order valence-electron chi connectivity index (χ2n) is 5.86. The number of benzene rings is 1. The van der Waals surface area contributed by atoms with Crippen LogP contribution in [0.25, 0.3) is 0 Å². The van der Waals surface area contributed by atoms with Crippen molar-refractivity contribution >= 4 is 17.5 Å². The van der Waals surface area contributed by atoms with E-state index < -0.39 is 5.63 Å². The number of carbonyl (C=O) groups excluding carboxylic acids is 1. The van der Waals surface area contributed by atoms with Crippen molar-refractivity contribution < 1.29 is 13.9 Å². The Hall–Kier alpha value is -2.27. The number of halogens is 1. The zero-order valence-electron chi connectivity index (χ0n) is 13.3. The van der Waals surface area contributed by atoms with Gasteiger partial charge in [0.25, 0.3) is 0 Å². The zero-order chi connectivity index (χ0) is 17.1. The van der Waals surface area contributed by atoms with Crippen LogP contribution in [0.1, 0.15) is 17.7 Å². The normalized spacial score (nSPS) is 17.1. The monoisotopic (exact) mass is 347 g/mol. The highest BCUT2D eigenvalue weighted by atomic mass is 35.5. The van der Waals surface area contributed by atoms with E-state index in [1.165, 1.54) is 6.07 Å². The van der Waals surface area contributed by atoms with Crippen molar-refractivity contribution in [1.82, 2.24) is 4.90 Å². The lowest BCUT2D eigenvalue weighted by Gasteiger charge is -2.17. The van der Waals surface area contributed by atoms with E-state index in [-0.39, 0.29) is 18.4 Å². The average molecular weight is 348 g/mol. The summed E-state index contributed by atoms with van der Waals surface area (Å²) in [4.78, 5) is 25.6. The molecule has 3 rings (SSSR count). The van der Waals surface area contributed by atoms with Crippen LogP contribution < -0.4 is 10.4 Å². The van der Waals surface area contributed by atoms with Gasteiger partial charge in [0.15, 0.2) is 0 Å². The SMILES string of the molecule is Cc1cc(O[C@H]2CCN(C(=O)Cc3ccccc3Cl)C2)cc(=O)o1. The number of nitrogens with zero attached hydrogens (tertiary/aromatic N) is 1. The molecule has 6 heteroatoms. The van der Waals surface area contributed by atoms with Gasteiger partial charge in [0.2, 0.25) is 5.91 Å². The predicted octanol–water partition coefficient (Wildman–Crippen LogP) is 2.82. The van der Waals surface area contributed by atoms with Crippen LogP contribution in [-0.4, -0.2) is 30.0 Å². The standard InChI is InChI=1S/C18H18ClNO4/c1-12-8-15(10-18(22)23-12)24-14-6-7-20(11-14)17(21)9-13-4-2-3-5-16(13)19/h2-5,8,10,14H,6-7,9,11H2,1H3/t14-/m0/s1. The molecule has 0 radical (unpaired) electrons. The first-order chi connectivity index (χ1) is 11.5. The summed E-state index contributed by atoms with van der Waals surface area (Å²) in [6.45, 7) is 2.83. The van der Waals surface area contributed by atoms with Gasteiger partial charge in [-0.15, -0.1) is 0 Å². The van der Waals surface area contributed by atoms with E-state index in [0.29, 0.717) is 29.6 Å². The first-order valence-corrected chi connectivity index (χ1v) is 8.18. The Labute approximate surface area is 144 Å². The number of hydrogen-bond donors (Lipinski definition) is 0. The largest absolute Gasteiger partial charge is 0.488 e. The molecular formula is C18H18ClNO4. The van der Waals surface area contributed by atoms with Gasteiger partial charge in [0.05, 0.1) is 19.0 Å². The minimum Gasteiger partial charge on any atom is -0.488 e. The van der Waals surface area contributed by atoms with E-state index in [0.717, 1.165) is 12.0 Å². The highest BCUT2D eigenvalue weighted by Gasteiger charge is 2.28. The van der Waals surface area contributed by atoms with Crippen molar-refractivity contribution in [3.63, 3.8) is 0 Å². The third-order valence-electron chi connectivity index (χ3n) is 3.97. The van der Waals surface area contributed by atoms with Gasteiger partial charge in [0.1, 0.15) is 17.6 Å². The fraction of sp³-hybridized carbons (Fsp3) is 0.333. The number of hydrogen-bond acceptors (Lipinski definition) is 4. The molecule has 1 fully saturated rings. The lowest BCUT2D eigenvalue weighted by molar-refractivity contribution is -0.129. The number of carbonyl (C=O) groups is 1. The molecule has 2 heterocycles. The summed E-state index contributed by atoms with van der Waals surface area (Å²) < 4.78 is 10.7. The zero-order valence-corrected chi connectivity index (χ0v) is 14.1. The summed E-state index contributed by atoms with van der Waals surface area (Å²) in [5.74, 6) is 1.01. The molecule has 0 bridgehead atoms. The Morgan fingerprint density at radius 2 is 2.17 bits per heavy atom. The molecular weight excluding hydrogens is 330 g/mol. The van der Waals surface area contributed by atoms with Gasteiger partial charge in [-0.25, -0.2) is 4.79 Å². The van der Waals surface area contributed by atoms with Crippen molar-refractivity contribution in [2.45, 2.75) is 25.9 Å². The summed E-state index contributed by atoms with van der Waals surface area (Å²) in [5, 5.41) is 0.601. The highest BCUT2D eigenvalue weighted by molar-refractivity contribution is 6.31. The first kappa shape index (κ1) is 16.6. The molecule has 1 atom stereocenters. The van der Waals surface area contributed by atoms with E-state index in [1.54, 1.807) is 24.0 Å². The number of rotatable bonds is 4. The quantitative estimate of drug-likeness (QED) is 0.853. The molecule has 1 aliphatic heterocycles. The van der Waals surface area contributed by atoms with Gasteiger partial charge >= 0.3 is 5.63 Å². The minimum atomic E-state index is -0.436. The molecule has 0 unspecified atom stereocenters. The lowest BCUT2D eigenvalue weighted by Crippen LogP contribution is -2.32. The van der Waals surface area contributed by atoms with E-state index >= 15 is 0 Å². The first-order valence-electron chi connectivity index (χ1n) is 7.81. The molecule has 1 saturated heterocycles. The summed E-state index contributed by atoms with van der Waals surface area (Å²) in [7, 11) is 0. The van der Waals surface area contributed by atoms with Gasteiger partial charge < -0.3 is 14.1 Å². The maximum absolute atomic E-state index is 12.4. The van der Waals surface area contributed by atoms with Crippen LogP contribution in [0.2, 0.25) is 5.02 Å². The summed E-state index contributed by atoms with van der Waals surface area (Å²) in [5.41, 5.74) is 0.388. The molecule has 126 valence electrons. The van der Waals surface area contributed by atoms with Crippen LogP contribution in [0.15, 0.2) is 45.6 Å². The molecule has 0 spiro atoms. The molecule has 0 saturated carbocycles. The molecule has 0 N–H and O–H groups in total. The molecule has 0 aliphatic carbocycles. The average Bonchev–Trinajstić information content (AvgIpc) is 2.97. The molecule has 2 aromatic rings. The van der Waals surface area contributed by atoms with Crippen molar-refractivity contribution in [2.24, 2.45) is 0 Å². The molecule has 1 aromatic heterocycles. The van der Waals surface area contributed by atoms with Crippen LogP contribution in [-0.2, 0) is 11.2 Å². The van der Waals surface area contributed by atoms with Crippen molar-refractivity contribution in [1.29, 1.82) is 0 Å². The van der Waals surface area contributed by atoms with E-state index in [2.05, 4.69) is 0 Å². The fourth-order valence-electron chi connectivity index (χ4n) is 2.80. The second kappa shape index (κ2) is 7.09. The summed E-state index contributed by atoms with van der Waals surface area (Å²) in [6, 6.07) is 10.3. The Balaban J connectivity index is 1.59. The van der Waals surface area contributed by atoms with E-state index in [1.807, 2.05) is 18.2 Å². The van der Waals surface area contributed by atoms with Crippen LogP contribution in [0.4, 0.5) is 0 Å². The van der Waals surface area contributed by atoms with Gasteiger partial charge in [-0.1, -0.05) is 29.8 Å².